The third-order valence-electron chi connectivity index (χ3n) is 2.56. The first-order valence-corrected chi connectivity index (χ1v) is 6.01. The molecule has 92 valence electrons. The monoisotopic (exact) mass is 262 g/mol. The third kappa shape index (κ3) is 2.10. The number of hydrogen-bond acceptors (Lipinski definition) is 5. The maximum atomic E-state index is 12.2. The minimum Gasteiger partial charge on any atom is -0.393 e. The molecule has 0 spiro atoms. The van der Waals surface area contributed by atoms with Crippen molar-refractivity contribution >= 4 is 28.5 Å². The van der Waals surface area contributed by atoms with E-state index in [1.54, 1.807) is 0 Å². The highest BCUT2D eigenvalue weighted by atomic mass is 32.1. The van der Waals surface area contributed by atoms with Gasteiger partial charge in [0.05, 0.1) is 9.80 Å². The van der Waals surface area contributed by atoms with E-state index in [2.05, 4.69) is 0 Å². The van der Waals surface area contributed by atoms with Gasteiger partial charge in [0.2, 0.25) is 5.78 Å². The van der Waals surface area contributed by atoms with Crippen molar-refractivity contribution in [1.29, 1.82) is 0 Å². The summed E-state index contributed by atoms with van der Waals surface area (Å²) in [4.78, 5) is 22.9. The van der Waals surface area contributed by atoms with Crippen molar-refractivity contribution in [3.63, 3.8) is 0 Å². The summed E-state index contributed by atoms with van der Waals surface area (Å²) in [5.41, 5.74) is 6.45. The molecular formula is C12H10N2O3S. The molecule has 0 aliphatic heterocycles. The number of carbonyl (C=O) groups excluding carboxylic acids is 1. The number of nitro groups is 1. The zero-order valence-corrected chi connectivity index (χ0v) is 10.4. The molecule has 2 N–H and O–H groups in total. The fourth-order valence-corrected chi connectivity index (χ4v) is 2.47. The molecule has 0 unspecified atom stereocenters. The molecule has 0 aliphatic carbocycles. The second-order valence-electron chi connectivity index (χ2n) is 3.79. The van der Waals surface area contributed by atoms with Crippen molar-refractivity contribution in [3.8, 4) is 0 Å². The summed E-state index contributed by atoms with van der Waals surface area (Å²) < 4.78 is 0. The smallest absolute Gasteiger partial charge is 0.292 e. The Bertz CT molecular complexity index is 634. The number of ketones is 1. The van der Waals surface area contributed by atoms with Crippen LogP contribution in [0.5, 0.6) is 0 Å². The molecule has 0 bridgehead atoms. The molecule has 2 aromatic rings. The molecule has 0 saturated heterocycles. The van der Waals surface area contributed by atoms with Crippen LogP contribution in [0.15, 0.2) is 29.6 Å². The van der Waals surface area contributed by atoms with Crippen molar-refractivity contribution in [2.24, 2.45) is 0 Å². The zero-order chi connectivity index (χ0) is 13.3. The Balaban J connectivity index is 2.47. The topological polar surface area (TPSA) is 86.2 Å². The van der Waals surface area contributed by atoms with Crippen LogP contribution < -0.4 is 5.73 Å². The average Bonchev–Trinajstić information content (AvgIpc) is 2.75. The van der Waals surface area contributed by atoms with Crippen molar-refractivity contribution < 1.29 is 9.72 Å². The molecule has 0 amide bonds. The molecule has 18 heavy (non-hydrogen) atoms. The molecule has 1 aromatic heterocycles. The maximum Gasteiger partial charge on any atom is 0.292 e. The fourth-order valence-electron chi connectivity index (χ4n) is 1.58. The lowest BCUT2D eigenvalue weighted by molar-refractivity contribution is -0.383. The lowest BCUT2D eigenvalue weighted by Crippen LogP contribution is -2.03. The summed E-state index contributed by atoms with van der Waals surface area (Å²) in [5, 5.41) is 12.6. The number of anilines is 1. The van der Waals surface area contributed by atoms with Gasteiger partial charge in [0.15, 0.2) is 0 Å². The molecule has 2 rings (SSSR count). The zero-order valence-electron chi connectivity index (χ0n) is 9.54. The lowest BCUT2D eigenvalue weighted by atomic mass is 10.1. The Kier molecular flexibility index (Phi) is 3.12. The lowest BCUT2D eigenvalue weighted by Gasteiger charge is -2.02. The van der Waals surface area contributed by atoms with E-state index in [0.29, 0.717) is 4.88 Å². The Morgan fingerprint density at radius 2 is 2.11 bits per heavy atom. The molecule has 5 nitrogen and oxygen atoms in total. The van der Waals surface area contributed by atoms with Crippen LogP contribution in [0, 0.1) is 17.0 Å². The summed E-state index contributed by atoms with van der Waals surface area (Å²) in [7, 11) is 0. The van der Waals surface area contributed by atoms with Crippen molar-refractivity contribution in [2.75, 3.05) is 5.73 Å². The van der Waals surface area contributed by atoms with E-state index < -0.39 is 4.92 Å². The predicted molar refractivity (Wildman–Crippen MR) is 70.0 cm³/mol. The van der Waals surface area contributed by atoms with Crippen molar-refractivity contribution in [3.05, 3.63) is 55.8 Å². The van der Waals surface area contributed by atoms with E-state index >= 15 is 0 Å². The van der Waals surface area contributed by atoms with Gasteiger partial charge in [-0.3, -0.25) is 14.9 Å². The molecule has 0 fully saturated rings. The highest BCUT2D eigenvalue weighted by Gasteiger charge is 2.18. The molecule has 0 atom stereocenters. The number of nitrogens with two attached hydrogens (primary N) is 1. The Labute approximate surface area is 107 Å². The van der Waals surface area contributed by atoms with Crippen LogP contribution in [-0.2, 0) is 0 Å². The quantitative estimate of drug-likeness (QED) is 0.399. The normalized spacial score (nSPS) is 10.3. The number of carbonyl (C=O) groups is 1. The molecule has 0 aliphatic rings. The van der Waals surface area contributed by atoms with E-state index in [1.807, 2.05) is 18.4 Å². The average molecular weight is 262 g/mol. The standard InChI is InChI=1S/C12H10N2O3S/c1-7-4-5-18-12(7)11(15)8-2-3-9(13)10(6-8)14(16)17/h2-6H,13H2,1H3. The number of hydrogen-bond donors (Lipinski definition) is 1. The fraction of sp³-hybridized carbons (Fsp3) is 0.0833. The van der Waals surface area contributed by atoms with Gasteiger partial charge in [0, 0.05) is 11.6 Å². The summed E-state index contributed by atoms with van der Waals surface area (Å²) in [6.07, 6.45) is 0. The number of nitrogen functional groups attached to an aromatic ring is 1. The van der Waals surface area contributed by atoms with Gasteiger partial charge in [-0.05, 0) is 36.1 Å². The number of aryl methyl sites for hydroxylation is 1. The van der Waals surface area contributed by atoms with Crippen LogP contribution in [0.3, 0.4) is 0 Å². The van der Waals surface area contributed by atoms with Crippen LogP contribution in [0.4, 0.5) is 11.4 Å². The van der Waals surface area contributed by atoms with Gasteiger partial charge >= 0.3 is 0 Å². The summed E-state index contributed by atoms with van der Waals surface area (Å²) >= 11 is 1.32. The molecule has 0 saturated carbocycles. The SMILES string of the molecule is Cc1ccsc1C(=O)c1ccc(N)c([N+](=O)[O-])c1. The second-order valence-corrected chi connectivity index (χ2v) is 4.71. The molecule has 0 radical (unpaired) electrons. The van der Waals surface area contributed by atoms with Gasteiger partial charge in [-0.25, -0.2) is 0 Å². The molecule has 6 heteroatoms. The second kappa shape index (κ2) is 4.58. The third-order valence-corrected chi connectivity index (χ3v) is 3.57. The van der Waals surface area contributed by atoms with Gasteiger partial charge in [-0.2, -0.15) is 0 Å². The minimum atomic E-state index is -0.590. The summed E-state index contributed by atoms with van der Waals surface area (Å²) in [5.74, 6) is -0.217. The van der Waals surface area contributed by atoms with E-state index in [1.165, 1.54) is 29.5 Å². The maximum absolute atomic E-state index is 12.2. The van der Waals surface area contributed by atoms with Crippen LogP contribution in [0.1, 0.15) is 20.8 Å². The molecule has 1 aromatic carbocycles. The summed E-state index contributed by atoms with van der Waals surface area (Å²) in [6, 6.07) is 5.94. The number of nitrogens with zero attached hydrogens (tertiary/aromatic N) is 1. The van der Waals surface area contributed by atoms with E-state index in [4.69, 9.17) is 5.73 Å². The Hall–Kier alpha value is -2.21. The number of nitro benzene ring substituents is 1. The van der Waals surface area contributed by atoms with E-state index in [-0.39, 0.29) is 22.7 Å². The first kappa shape index (κ1) is 12.3. The van der Waals surface area contributed by atoms with Crippen molar-refractivity contribution in [1.82, 2.24) is 0 Å². The van der Waals surface area contributed by atoms with Crippen LogP contribution >= 0.6 is 11.3 Å². The van der Waals surface area contributed by atoms with Crippen molar-refractivity contribution in [2.45, 2.75) is 6.92 Å². The highest BCUT2D eigenvalue weighted by molar-refractivity contribution is 7.12. The van der Waals surface area contributed by atoms with E-state index in [9.17, 15) is 14.9 Å². The van der Waals surface area contributed by atoms with Gasteiger partial charge in [-0.1, -0.05) is 0 Å². The van der Waals surface area contributed by atoms with Gasteiger partial charge < -0.3 is 5.73 Å². The summed E-state index contributed by atoms with van der Waals surface area (Å²) in [6.45, 7) is 1.83. The number of rotatable bonds is 3. The van der Waals surface area contributed by atoms with Gasteiger partial charge in [0.1, 0.15) is 5.69 Å². The van der Waals surface area contributed by atoms with Crippen LogP contribution in [-0.4, -0.2) is 10.7 Å². The predicted octanol–water partition coefficient (Wildman–Crippen LogP) is 2.78. The Morgan fingerprint density at radius 1 is 1.39 bits per heavy atom. The first-order chi connectivity index (χ1) is 8.50. The van der Waals surface area contributed by atoms with Gasteiger partial charge in [0.25, 0.3) is 5.69 Å². The minimum absolute atomic E-state index is 0.0550. The first-order valence-electron chi connectivity index (χ1n) is 5.13. The van der Waals surface area contributed by atoms with E-state index in [0.717, 1.165) is 5.56 Å². The Morgan fingerprint density at radius 3 is 2.67 bits per heavy atom. The molecule has 1 heterocycles. The van der Waals surface area contributed by atoms with Gasteiger partial charge in [-0.15, -0.1) is 11.3 Å². The van der Waals surface area contributed by atoms with Crippen LogP contribution in [0.2, 0.25) is 0 Å². The molecular weight excluding hydrogens is 252 g/mol. The number of benzene rings is 1. The van der Waals surface area contributed by atoms with Crippen LogP contribution in [0.25, 0.3) is 0 Å². The largest absolute Gasteiger partial charge is 0.393 e. The highest BCUT2D eigenvalue weighted by Crippen LogP contribution is 2.26. The number of thiophene rings is 1.